The van der Waals surface area contributed by atoms with Gasteiger partial charge in [-0.1, -0.05) is 18.7 Å². The largest absolute Gasteiger partial charge is 0.399 e. The number of hydrogen-bond acceptors (Lipinski definition) is 2. The molecule has 0 aliphatic carbocycles. The van der Waals surface area contributed by atoms with E-state index >= 15 is 0 Å². The molecule has 0 aliphatic heterocycles. The van der Waals surface area contributed by atoms with E-state index in [-0.39, 0.29) is 5.91 Å². The highest BCUT2D eigenvalue weighted by Crippen LogP contribution is 2.09. The topological polar surface area (TPSA) is 55.1 Å². The van der Waals surface area contributed by atoms with Gasteiger partial charge in [0.2, 0.25) is 5.91 Å². The molecule has 0 fully saturated rings. The van der Waals surface area contributed by atoms with Gasteiger partial charge in [0.1, 0.15) is 0 Å². The van der Waals surface area contributed by atoms with Gasteiger partial charge in [-0.2, -0.15) is 0 Å². The van der Waals surface area contributed by atoms with Crippen molar-refractivity contribution in [3.8, 4) is 0 Å². The fourth-order valence-corrected chi connectivity index (χ4v) is 1.56. The molecule has 1 amide bonds. The third-order valence-electron chi connectivity index (χ3n) is 2.52. The molecular weight excluding hydrogens is 212 g/mol. The maximum absolute atomic E-state index is 11.2. The summed E-state index contributed by atoms with van der Waals surface area (Å²) in [4.78, 5) is 11.2. The minimum Gasteiger partial charge on any atom is -0.399 e. The van der Waals surface area contributed by atoms with Crippen molar-refractivity contribution in [1.29, 1.82) is 0 Å². The lowest BCUT2D eigenvalue weighted by Gasteiger charge is -2.05. The predicted octanol–water partition coefficient (Wildman–Crippen LogP) is 2.28. The Morgan fingerprint density at radius 2 is 2.18 bits per heavy atom. The number of anilines is 1. The average Bonchev–Trinajstić information content (AvgIpc) is 2.28. The Kier molecular flexibility index (Phi) is 5.27. The Morgan fingerprint density at radius 3 is 2.82 bits per heavy atom. The van der Waals surface area contributed by atoms with Gasteiger partial charge >= 0.3 is 0 Å². The molecule has 0 bridgehead atoms. The molecule has 17 heavy (non-hydrogen) atoms. The van der Waals surface area contributed by atoms with Crippen LogP contribution in [-0.2, 0) is 11.2 Å². The number of nitrogens with one attached hydrogen (secondary N) is 1. The van der Waals surface area contributed by atoms with Crippen molar-refractivity contribution in [1.82, 2.24) is 5.32 Å². The van der Waals surface area contributed by atoms with Crippen molar-refractivity contribution in [3.63, 3.8) is 0 Å². The first-order valence-corrected chi connectivity index (χ1v) is 5.87. The Balaban J connectivity index is 2.16. The van der Waals surface area contributed by atoms with E-state index in [2.05, 4.69) is 18.0 Å². The normalized spacial score (nSPS) is 9.94. The molecule has 1 aromatic carbocycles. The number of hydrogen-bond donors (Lipinski definition) is 2. The molecule has 0 heterocycles. The van der Waals surface area contributed by atoms with Crippen LogP contribution in [0.4, 0.5) is 5.69 Å². The zero-order valence-corrected chi connectivity index (χ0v) is 10.3. The molecule has 0 atom stereocenters. The zero-order valence-electron chi connectivity index (χ0n) is 10.3. The van der Waals surface area contributed by atoms with E-state index in [4.69, 9.17) is 5.73 Å². The van der Waals surface area contributed by atoms with E-state index in [1.165, 1.54) is 5.56 Å². The quantitative estimate of drug-likeness (QED) is 0.449. The molecule has 0 saturated carbocycles. The Bertz CT molecular complexity index is 399. The number of carbonyl (C=O) groups is 1. The second-order valence-electron chi connectivity index (χ2n) is 4.24. The van der Waals surface area contributed by atoms with Gasteiger partial charge in [0.25, 0.3) is 0 Å². The predicted molar refractivity (Wildman–Crippen MR) is 71.6 cm³/mol. The van der Waals surface area contributed by atoms with Gasteiger partial charge in [0.15, 0.2) is 0 Å². The van der Waals surface area contributed by atoms with Gasteiger partial charge in [0.05, 0.1) is 0 Å². The first-order chi connectivity index (χ1) is 8.09. The van der Waals surface area contributed by atoms with E-state index in [0.29, 0.717) is 12.1 Å². The summed E-state index contributed by atoms with van der Waals surface area (Å²) in [7, 11) is 0. The van der Waals surface area contributed by atoms with Gasteiger partial charge in [0, 0.05) is 17.8 Å². The van der Waals surface area contributed by atoms with Crippen molar-refractivity contribution in [3.05, 3.63) is 42.0 Å². The number of rotatable bonds is 6. The standard InChI is InChI=1S/C14H20N2O/c1-11(2)14(17)16-9-4-3-6-12-7-5-8-13(15)10-12/h5,7-8,10H,1,3-4,6,9,15H2,2H3,(H,16,17). The van der Waals surface area contributed by atoms with Crippen molar-refractivity contribution in [2.45, 2.75) is 26.2 Å². The number of benzene rings is 1. The summed E-state index contributed by atoms with van der Waals surface area (Å²) in [5.74, 6) is -0.0612. The van der Waals surface area contributed by atoms with E-state index in [0.717, 1.165) is 24.9 Å². The fraction of sp³-hybridized carbons (Fsp3) is 0.357. The van der Waals surface area contributed by atoms with Gasteiger partial charge in [-0.15, -0.1) is 0 Å². The van der Waals surface area contributed by atoms with Crippen molar-refractivity contribution >= 4 is 11.6 Å². The highest BCUT2D eigenvalue weighted by Gasteiger charge is 1.99. The van der Waals surface area contributed by atoms with Crippen LogP contribution in [-0.4, -0.2) is 12.5 Å². The molecule has 0 aromatic heterocycles. The minimum atomic E-state index is -0.0612. The summed E-state index contributed by atoms with van der Waals surface area (Å²) in [6, 6.07) is 7.92. The second kappa shape index (κ2) is 6.74. The van der Waals surface area contributed by atoms with Crippen molar-refractivity contribution in [2.75, 3.05) is 12.3 Å². The van der Waals surface area contributed by atoms with Crippen molar-refractivity contribution in [2.24, 2.45) is 0 Å². The van der Waals surface area contributed by atoms with Crippen LogP contribution in [0.15, 0.2) is 36.4 Å². The summed E-state index contributed by atoms with van der Waals surface area (Å²) < 4.78 is 0. The van der Waals surface area contributed by atoms with Crippen molar-refractivity contribution < 1.29 is 4.79 Å². The van der Waals surface area contributed by atoms with Crippen LogP contribution in [0.25, 0.3) is 0 Å². The van der Waals surface area contributed by atoms with E-state index < -0.39 is 0 Å². The fourth-order valence-electron chi connectivity index (χ4n) is 1.56. The molecule has 92 valence electrons. The molecule has 3 heteroatoms. The number of amides is 1. The highest BCUT2D eigenvalue weighted by atomic mass is 16.1. The van der Waals surface area contributed by atoms with Crippen LogP contribution in [0.5, 0.6) is 0 Å². The lowest BCUT2D eigenvalue weighted by molar-refractivity contribution is -0.117. The number of carbonyl (C=O) groups excluding carboxylic acids is 1. The molecule has 1 rings (SSSR count). The summed E-state index contributed by atoms with van der Waals surface area (Å²) in [6.07, 6.45) is 3.00. The number of nitrogen functional groups attached to an aromatic ring is 1. The number of unbranched alkanes of at least 4 members (excludes halogenated alkanes) is 1. The van der Waals surface area contributed by atoms with Crippen LogP contribution < -0.4 is 11.1 Å². The molecule has 0 radical (unpaired) electrons. The molecule has 0 spiro atoms. The SMILES string of the molecule is C=C(C)C(=O)NCCCCc1cccc(N)c1. The third kappa shape index (κ3) is 5.20. The highest BCUT2D eigenvalue weighted by molar-refractivity contribution is 5.91. The van der Waals surface area contributed by atoms with E-state index in [9.17, 15) is 4.79 Å². The first-order valence-electron chi connectivity index (χ1n) is 5.87. The maximum Gasteiger partial charge on any atom is 0.246 e. The Labute approximate surface area is 103 Å². The van der Waals surface area contributed by atoms with Gasteiger partial charge in [-0.25, -0.2) is 0 Å². The Hall–Kier alpha value is -1.77. The molecule has 0 aliphatic rings. The minimum absolute atomic E-state index is 0.0612. The molecular formula is C14H20N2O. The van der Waals surface area contributed by atoms with Crippen LogP contribution in [0.1, 0.15) is 25.3 Å². The molecule has 0 unspecified atom stereocenters. The van der Waals surface area contributed by atoms with Crippen LogP contribution in [0, 0.1) is 0 Å². The first kappa shape index (κ1) is 13.3. The molecule has 0 saturated heterocycles. The lowest BCUT2D eigenvalue weighted by atomic mass is 10.1. The molecule has 3 nitrogen and oxygen atoms in total. The summed E-state index contributed by atoms with van der Waals surface area (Å²) in [6.45, 7) is 6.00. The van der Waals surface area contributed by atoms with Gasteiger partial charge in [-0.05, 0) is 43.9 Å². The number of nitrogens with two attached hydrogens (primary N) is 1. The van der Waals surface area contributed by atoms with Gasteiger partial charge < -0.3 is 11.1 Å². The summed E-state index contributed by atoms with van der Waals surface area (Å²) >= 11 is 0. The van der Waals surface area contributed by atoms with Crippen LogP contribution in [0.2, 0.25) is 0 Å². The Morgan fingerprint density at radius 1 is 1.41 bits per heavy atom. The lowest BCUT2D eigenvalue weighted by Crippen LogP contribution is -2.24. The molecule has 1 aromatic rings. The third-order valence-corrected chi connectivity index (χ3v) is 2.52. The molecule has 3 N–H and O–H groups in total. The van der Waals surface area contributed by atoms with Gasteiger partial charge in [-0.3, -0.25) is 4.79 Å². The monoisotopic (exact) mass is 232 g/mol. The van der Waals surface area contributed by atoms with Crippen LogP contribution >= 0.6 is 0 Å². The summed E-state index contributed by atoms with van der Waals surface area (Å²) in [5, 5.41) is 2.82. The van der Waals surface area contributed by atoms with E-state index in [1.807, 2.05) is 18.2 Å². The number of aryl methyl sites for hydroxylation is 1. The van der Waals surface area contributed by atoms with E-state index in [1.54, 1.807) is 6.92 Å². The average molecular weight is 232 g/mol. The maximum atomic E-state index is 11.2. The smallest absolute Gasteiger partial charge is 0.246 e. The second-order valence-corrected chi connectivity index (χ2v) is 4.24. The summed E-state index contributed by atoms with van der Waals surface area (Å²) in [5.41, 5.74) is 8.30. The van der Waals surface area contributed by atoms with Crippen LogP contribution in [0.3, 0.4) is 0 Å². The zero-order chi connectivity index (χ0) is 12.7.